The lowest BCUT2D eigenvalue weighted by Gasteiger charge is -2.44. The predicted octanol–water partition coefficient (Wildman–Crippen LogP) is 8.89. The predicted molar refractivity (Wildman–Crippen MR) is 113 cm³/mol. The lowest BCUT2D eigenvalue weighted by atomic mass is 9.62. The quantitative estimate of drug-likeness (QED) is 0.413. The fourth-order valence-electron chi connectivity index (χ4n) is 4.91. The molecule has 0 aromatic heterocycles. The Bertz CT molecular complexity index is 308. The van der Waals surface area contributed by atoms with Crippen molar-refractivity contribution in [2.24, 2.45) is 27.6 Å². The first-order valence-electron chi connectivity index (χ1n) is 10.5. The molecule has 0 heteroatoms. The molecule has 0 aromatic rings. The molecule has 24 heavy (non-hydrogen) atoms. The van der Waals surface area contributed by atoms with Gasteiger partial charge in [-0.2, -0.15) is 0 Å². The zero-order chi connectivity index (χ0) is 19.2. The molecular weight excluding hydrogens is 288 g/mol. The molecule has 2 aliphatic carbocycles. The fourth-order valence-corrected chi connectivity index (χ4v) is 4.91. The van der Waals surface area contributed by atoms with Crippen LogP contribution < -0.4 is 0 Å². The Morgan fingerprint density at radius 3 is 1.17 bits per heavy atom. The highest BCUT2D eigenvalue weighted by Crippen LogP contribution is 2.47. The van der Waals surface area contributed by atoms with Crippen molar-refractivity contribution in [2.45, 2.75) is 128 Å². The summed E-state index contributed by atoms with van der Waals surface area (Å²) in [5.41, 5.74) is 2.35. The van der Waals surface area contributed by atoms with Crippen LogP contribution in [0.4, 0.5) is 0 Å². The molecule has 0 atom stereocenters. The van der Waals surface area contributed by atoms with E-state index in [0.717, 1.165) is 5.92 Å². The highest BCUT2D eigenvalue weighted by molar-refractivity contribution is 4.87. The van der Waals surface area contributed by atoms with Crippen LogP contribution in [0.15, 0.2) is 0 Å². The van der Waals surface area contributed by atoms with Crippen molar-refractivity contribution in [1.29, 1.82) is 0 Å². The molecule has 0 aliphatic heterocycles. The summed E-state index contributed by atoms with van der Waals surface area (Å²) in [6, 6.07) is 0. The molecule has 2 saturated carbocycles. The summed E-state index contributed by atoms with van der Waals surface area (Å²) in [4.78, 5) is 0. The molecule has 2 fully saturated rings. The summed E-state index contributed by atoms with van der Waals surface area (Å²) < 4.78 is 0. The van der Waals surface area contributed by atoms with Gasteiger partial charge in [0.15, 0.2) is 0 Å². The third kappa shape index (κ3) is 14.4. The van der Waals surface area contributed by atoms with Crippen molar-refractivity contribution in [3.63, 3.8) is 0 Å². The van der Waals surface area contributed by atoms with Gasteiger partial charge in [0.25, 0.3) is 0 Å². The van der Waals surface area contributed by atoms with E-state index in [1.54, 1.807) is 0 Å². The Labute approximate surface area is 155 Å². The normalized spacial score (nSPS) is 25.6. The van der Waals surface area contributed by atoms with Crippen LogP contribution in [0.5, 0.6) is 0 Å². The van der Waals surface area contributed by atoms with Crippen LogP contribution in [0.1, 0.15) is 128 Å². The van der Waals surface area contributed by atoms with Gasteiger partial charge < -0.3 is 0 Å². The van der Waals surface area contributed by atoms with E-state index >= 15 is 0 Å². The summed E-state index contributed by atoms with van der Waals surface area (Å²) in [7, 11) is 0. The minimum absolute atomic E-state index is 0.500. The molecule has 0 radical (unpaired) electrons. The van der Waals surface area contributed by atoms with Gasteiger partial charge in [-0.05, 0) is 59.7 Å². The van der Waals surface area contributed by atoms with Gasteiger partial charge in [-0.3, -0.25) is 0 Å². The van der Waals surface area contributed by atoms with Crippen molar-refractivity contribution < 1.29 is 0 Å². The lowest BCUT2D eigenvalue weighted by Crippen LogP contribution is -2.32. The fraction of sp³-hybridized carbons (Fsp3) is 1.00. The molecule has 0 spiro atoms. The summed E-state index contributed by atoms with van der Waals surface area (Å²) >= 11 is 0. The summed E-state index contributed by atoms with van der Waals surface area (Å²) in [5, 5.41) is 0. The monoisotopic (exact) mass is 338 g/mol. The molecule has 0 heterocycles. The lowest BCUT2D eigenvalue weighted by molar-refractivity contribution is 0.0754. The van der Waals surface area contributed by atoms with Gasteiger partial charge in [0.05, 0.1) is 0 Å². The van der Waals surface area contributed by atoms with Gasteiger partial charge in [0.2, 0.25) is 0 Å². The topological polar surface area (TPSA) is 0 Å². The second kappa shape index (κ2) is 9.09. The van der Waals surface area contributed by atoms with Crippen LogP contribution in [0, 0.1) is 27.6 Å². The zero-order valence-corrected chi connectivity index (χ0v) is 19.2. The first-order chi connectivity index (χ1) is 10.5. The summed E-state index contributed by atoms with van der Waals surface area (Å²) in [6.45, 7) is 25.5. The van der Waals surface area contributed by atoms with Crippen LogP contribution in [0.3, 0.4) is 0 Å². The van der Waals surface area contributed by atoms with E-state index in [1.165, 1.54) is 51.4 Å². The first kappa shape index (κ1) is 24.0. The van der Waals surface area contributed by atoms with E-state index in [2.05, 4.69) is 76.2 Å². The highest BCUT2D eigenvalue weighted by Gasteiger charge is 2.36. The molecule has 2 aliphatic rings. The smallest absolute Gasteiger partial charge is 0.0347 e. The maximum Gasteiger partial charge on any atom is -0.0347 e. The maximum atomic E-state index is 2.41. The second-order valence-corrected chi connectivity index (χ2v) is 12.7. The molecule has 0 bridgehead atoms. The summed E-state index contributed by atoms with van der Waals surface area (Å²) in [5.74, 6) is 0.925. The van der Waals surface area contributed by atoms with Crippen molar-refractivity contribution in [1.82, 2.24) is 0 Å². The average molecular weight is 339 g/mol. The van der Waals surface area contributed by atoms with Gasteiger partial charge in [0, 0.05) is 0 Å². The van der Waals surface area contributed by atoms with E-state index in [-0.39, 0.29) is 0 Å². The third-order valence-corrected chi connectivity index (χ3v) is 4.97. The largest absolute Gasteiger partial charge is 0.0625 e. The Morgan fingerprint density at radius 2 is 0.958 bits per heavy atom. The maximum absolute atomic E-state index is 2.41. The molecule has 0 N–H and O–H groups in total. The molecular formula is C24H50. The number of rotatable bonds is 0. The van der Waals surface area contributed by atoms with E-state index in [4.69, 9.17) is 0 Å². The van der Waals surface area contributed by atoms with E-state index < -0.39 is 0 Å². The van der Waals surface area contributed by atoms with Gasteiger partial charge in [-0.15, -0.1) is 0 Å². The number of hydrogen-bond donors (Lipinski definition) is 0. The zero-order valence-electron chi connectivity index (χ0n) is 19.2. The van der Waals surface area contributed by atoms with Crippen LogP contribution in [-0.4, -0.2) is 0 Å². The molecule has 0 aromatic carbocycles. The molecule has 146 valence electrons. The third-order valence-electron chi connectivity index (χ3n) is 4.97. The van der Waals surface area contributed by atoms with Crippen molar-refractivity contribution in [3.05, 3.63) is 0 Å². The standard InChI is InChI=1S/C11H22.C8H16.C5H12/c1-9-6-10(2,3)8-11(4,5)7-9;1-8(2)6-4-3-5-7-8;1-5(2,3)4/h9H,6-8H2,1-5H3;3-7H2,1-2H3;1-4H3. The molecule has 0 saturated heterocycles. The van der Waals surface area contributed by atoms with Gasteiger partial charge in [-0.1, -0.05) is 95.4 Å². The Morgan fingerprint density at radius 1 is 0.625 bits per heavy atom. The molecule has 0 amide bonds. The first-order valence-corrected chi connectivity index (χ1v) is 10.5. The van der Waals surface area contributed by atoms with Crippen molar-refractivity contribution >= 4 is 0 Å². The summed E-state index contributed by atoms with van der Waals surface area (Å²) in [6.07, 6.45) is 11.5. The SMILES string of the molecule is CC(C)(C)C.CC1(C)CCCCC1.CC1CC(C)(C)CC(C)(C)C1. The van der Waals surface area contributed by atoms with E-state index in [0.29, 0.717) is 21.7 Å². The molecule has 2 rings (SSSR count). The van der Waals surface area contributed by atoms with E-state index in [9.17, 15) is 0 Å². The number of hydrogen-bond acceptors (Lipinski definition) is 0. The van der Waals surface area contributed by atoms with Gasteiger partial charge in [0.1, 0.15) is 0 Å². The average Bonchev–Trinajstić information content (AvgIpc) is 2.21. The van der Waals surface area contributed by atoms with Crippen molar-refractivity contribution in [3.8, 4) is 0 Å². The Kier molecular flexibility index (Phi) is 9.09. The minimum Gasteiger partial charge on any atom is -0.0625 e. The minimum atomic E-state index is 0.500. The second-order valence-electron chi connectivity index (χ2n) is 12.7. The van der Waals surface area contributed by atoms with Crippen molar-refractivity contribution in [2.75, 3.05) is 0 Å². The van der Waals surface area contributed by atoms with Gasteiger partial charge >= 0.3 is 0 Å². The Hall–Kier alpha value is 0. The highest BCUT2D eigenvalue weighted by atomic mass is 14.4. The van der Waals surface area contributed by atoms with E-state index in [1.807, 2.05) is 0 Å². The molecule has 0 unspecified atom stereocenters. The Balaban J connectivity index is 0.000000358. The van der Waals surface area contributed by atoms with Crippen LogP contribution in [-0.2, 0) is 0 Å². The van der Waals surface area contributed by atoms with Crippen LogP contribution in [0.2, 0.25) is 0 Å². The molecule has 0 nitrogen and oxygen atoms in total. The van der Waals surface area contributed by atoms with Gasteiger partial charge in [-0.25, -0.2) is 0 Å². The van der Waals surface area contributed by atoms with Crippen LogP contribution >= 0.6 is 0 Å². The van der Waals surface area contributed by atoms with Crippen LogP contribution in [0.25, 0.3) is 0 Å².